The molecule has 0 aliphatic rings. The summed E-state index contributed by atoms with van der Waals surface area (Å²) in [6, 6.07) is 0. The van der Waals surface area contributed by atoms with Gasteiger partial charge in [-0.1, -0.05) is 0 Å². The quantitative estimate of drug-likeness (QED) is 0.650. The van der Waals surface area contributed by atoms with E-state index in [-0.39, 0.29) is 0 Å². The SMILES string of the molecule is CN=C(NCCc1c(C)nn(C)c1C)NCc1ncc(C)s1. The summed E-state index contributed by atoms with van der Waals surface area (Å²) < 4.78 is 1.93. The molecule has 2 rings (SSSR count). The Labute approximate surface area is 135 Å². The molecule has 0 spiro atoms. The van der Waals surface area contributed by atoms with Crippen molar-refractivity contribution in [2.45, 2.75) is 33.7 Å². The van der Waals surface area contributed by atoms with Crippen molar-refractivity contribution in [3.8, 4) is 0 Å². The summed E-state index contributed by atoms with van der Waals surface area (Å²) in [6.07, 6.45) is 2.83. The van der Waals surface area contributed by atoms with E-state index in [0.29, 0.717) is 6.54 Å². The zero-order chi connectivity index (χ0) is 16.1. The highest BCUT2D eigenvalue weighted by molar-refractivity contribution is 7.11. The summed E-state index contributed by atoms with van der Waals surface area (Å²) >= 11 is 1.70. The predicted molar refractivity (Wildman–Crippen MR) is 91.4 cm³/mol. The number of rotatable bonds is 5. The molecule has 0 bridgehead atoms. The van der Waals surface area contributed by atoms with Crippen LogP contribution in [0.1, 0.15) is 26.8 Å². The fourth-order valence-corrected chi connectivity index (χ4v) is 3.08. The first-order chi connectivity index (χ1) is 10.5. The third kappa shape index (κ3) is 4.07. The van der Waals surface area contributed by atoms with Crippen LogP contribution in [0.15, 0.2) is 11.2 Å². The summed E-state index contributed by atoms with van der Waals surface area (Å²) in [6.45, 7) is 7.74. The van der Waals surface area contributed by atoms with Gasteiger partial charge in [-0.15, -0.1) is 11.3 Å². The van der Waals surface area contributed by atoms with Crippen LogP contribution in [0.4, 0.5) is 0 Å². The van der Waals surface area contributed by atoms with Crippen LogP contribution in [0.2, 0.25) is 0 Å². The summed E-state index contributed by atoms with van der Waals surface area (Å²) in [4.78, 5) is 9.80. The van der Waals surface area contributed by atoms with Crippen molar-refractivity contribution < 1.29 is 0 Å². The van der Waals surface area contributed by atoms with Crippen LogP contribution < -0.4 is 10.6 Å². The van der Waals surface area contributed by atoms with Crippen LogP contribution in [0.5, 0.6) is 0 Å². The molecular weight excluding hydrogens is 296 g/mol. The smallest absolute Gasteiger partial charge is 0.191 e. The topological polar surface area (TPSA) is 67.1 Å². The summed E-state index contributed by atoms with van der Waals surface area (Å²) in [7, 11) is 3.76. The third-order valence-electron chi connectivity index (χ3n) is 3.63. The van der Waals surface area contributed by atoms with Crippen LogP contribution in [-0.4, -0.2) is 34.3 Å². The van der Waals surface area contributed by atoms with Gasteiger partial charge in [0.2, 0.25) is 0 Å². The number of nitrogens with one attached hydrogen (secondary N) is 2. The lowest BCUT2D eigenvalue weighted by molar-refractivity contribution is 0.728. The van der Waals surface area contributed by atoms with E-state index in [4.69, 9.17) is 0 Å². The van der Waals surface area contributed by atoms with Crippen molar-refractivity contribution in [3.05, 3.63) is 33.0 Å². The Morgan fingerprint density at radius 3 is 2.64 bits per heavy atom. The van der Waals surface area contributed by atoms with Crippen molar-refractivity contribution in [1.29, 1.82) is 0 Å². The average molecular weight is 320 g/mol. The minimum atomic E-state index is 0.698. The second-order valence-electron chi connectivity index (χ2n) is 5.24. The highest BCUT2D eigenvalue weighted by Gasteiger charge is 2.09. The lowest BCUT2D eigenvalue weighted by Gasteiger charge is -2.11. The Bertz CT molecular complexity index is 655. The fourth-order valence-electron chi connectivity index (χ4n) is 2.35. The Morgan fingerprint density at radius 2 is 2.09 bits per heavy atom. The van der Waals surface area contributed by atoms with E-state index in [9.17, 15) is 0 Å². The van der Waals surface area contributed by atoms with Gasteiger partial charge in [-0.25, -0.2) is 4.98 Å². The fraction of sp³-hybridized carbons (Fsp3) is 0.533. The normalized spacial score (nSPS) is 11.8. The van der Waals surface area contributed by atoms with E-state index in [0.717, 1.165) is 29.6 Å². The molecule has 0 unspecified atom stereocenters. The molecule has 0 aliphatic carbocycles. The highest BCUT2D eigenvalue weighted by atomic mass is 32.1. The molecule has 6 nitrogen and oxygen atoms in total. The zero-order valence-electron chi connectivity index (χ0n) is 13.9. The van der Waals surface area contributed by atoms with Crippen molar-refractivity contribution in [3.63, 3.8) is 0 Å². The molecule has 2 N–H and O–H groups in total. The maximum absolute atomic E-state index is 4.44. The van der Waals surface area contributed by atoms with Crippen LogP contribution in [0.3, 0.4) is 0 Å². The first kappa shape index (κ1) is 16.5. The van der Waals surface area contributed by atoms with Crippen molar-refractivity contribution >= 4 is 17.3 Å². The van der Waals surface area contributed by atoms with Crippen molar-refractivity contribution in [2.24, 2.45) is 12.0 Å². The number of hydrogen-bond acceptors (Lipinski definition) is 4. The maximum Gasteiger partial charge on any atom is 0.191 e. The third-order valence-corrected chi connectivity index (χ3v) is 4.54. The number of aryl methyl sites for hydroxylation is 3. The molecule has 2 aromatic heterocycles. The van der Waals surface area contributed by atoms with Crippen LogP contribution >= 0.6 is 11.3 Å². The first-order valence-electron chi connectivity index (χ1n) is 7.36. The molecule has 120 valence electrons. The Morgan fingerprint density at radius 1 is 1.32 bits per heavy atom. The minimum absolute atomic E-state index is 0.698. The van der Waals surface area contributed by atoms with Crippen molar-refractivity contribution in [1.82, 2.24) is 25.4 Å². The van der Waals surface area contributed by atoms with E-state index in [1.165, 1.54) is 16.1 Å². The Hall–Kier alpha value is -1.89. The van der Waals surface area contributed by atoms with Gasteiger partial charge in [0, 0.05) is 37.4 Å². The molecule has 22 heavy (non-hydrogen) atoms. The van der Waals surface area contributed by atoms with Crippen molar-refractivity contribution in [2.75, 3.05) is 13.6 Å². The van der Waals surface area contributed by atoms with Gasteiger partial charge in [0.05, 0.1) is 12.2 Å². The van der Waals surface area contributed by atoms with E-state index in [1.807, 2.05) is 17.9 Å². The van der Waals surface area contributed by atoms with Gasteiger partial charge in [0.1, 0.15) is 5.01 Å². The van der Waals surface area contributed by atoms with E-state index in [1.54, 1.807) is 18.4 Å². The van der Waals surface area contributed by atoms with E-state index in [2.05, 4.69) is 46.5 Å². The monoisotopic (exact) mass is 320 g/mol. The number of thiazole rings is 1. The standard InChI is InChI=1S/C15H24N6S/c1-10-8-18-14(22-10)9-19-15(16-4)17-7-6-13-11(2)20-21(5)12(13)3/h8H,6-7,9H2,1-5H3,(H2,16,17,19). The van der Waals surface area contributed by atoms with Gasteiger partial charge < -0.3 is 10.6 Å². The molecule has 2 aromatic rings. The zero-order valence-corrected chi connectivity index (χ0v) is 14.7. The summed E-state index contributed by atoms with van der Waals surface area (Å²) in [5.41, 5.74) is 3.63. The lowest BCUT2D eigenvalue weighted by atomic mass is 10.1. The Balaban J connectivity index is 1.81. The number of nitrogens with zero attached hydrogens (tertiary/aromatic N) is 4. The van der Waals surface area contributed by atoms with Gasteiger partial charge in [0.25, 0.3) is 0 Å². The van der Waals surface area contributed by atoms with Gasteiger partial charge in [0.15, 0.2) is 5.96 Å². The molecule has 0 radical (unpaired) electrons. The largest absolute Gasteiger partial charge is 0.356 e. The molecule has 0 saturated heterocycles. The molecule has 0 atom stereocenters. The highest BCUT2D eigenvalue weighted by Crippen LogP contribution is 2.12. The second kappa shape index (κ2) is 7.40. The Kier molecular flexibility index (Phi) is 5.54. The van der Waals surface area contributed by atoms with Crippen LogP contribution in [0.25, 0.3) is 0 Å². The van der Waals surface area contributed by atoms with E-state index >= 15 is 0 Å². The van der Waals surface area contributed by atoms with Gasteiger partial charge in [-0.2, -0.15) is 5.10 Å². The number of guanidine groups is 1. The van der Waals surface area contributed by atoms with Crippen LogP contribution in [0, 0.1) is 20.8 Å². The van der Waals surface area contributed by atoms with Gasteiger partial charge in [-0.3, -0.25) is 9.67 Å². The van der Waals surface area contributed by atoms with Gasteiger partial charge >= 0.3 is 0 Å². The molecular formula is C15H24N6S. The molecule has 0 aromatic carbocycles. The summed E-state index contributed by atoms with van der Waals surface area (Å²) in [5.74, 6) is 0.798. The molecule has 0 aliphatic heterocycles. The van der Waals surface area contributed by atoms with Gasteiger partial charge in [-0.05, 0) is 32.8 Å². The molecule has 7 heteroatoms. The average Bonchev–Trinajstić information content (AvgIpc) is 3.00. The second-order valence-corrected chi connectivity index (χ2v) is 6.56. The number of hydrogen-bond donors (Lipinski definition) is 2. The molecule has 0 fully saturated rings. The number of aromatic nitrogens is 3. The predicted octanol–water partition coefficient (Wildman–Crippen LogP) is 1.71. The number of aliphatic imine (C=N–C) groups is 1. The molecule has 0 saturated carbocycles. The first-order valence-corrected chi connectivity index (χ1v) is 8.17. The van der Waals surface area contributed by atoms with Crippen LogP contribution in [-0.2, 0) is 20.0 Å². The minimum Gasteiger partial charge on any atom is -0.356 e. The maximum atomic E-state index is 4.44. The lowest BCUT2D eigenvalue weighted by Crippen LogP contribution is -2.37. The molecule has 0 amide bonds. The molecule has 2 heterocycles. The van der Waals surface area contributed by atoms with E-state index < -0.39 is 0 Å². The summed E-state index contributed by atoms with van der Waals surface area (Å²) in [5, 5.41) is 12.1.